The molecule has 4 unspecified atom stereocenters. The highest BCUT2D eigenvalue weighted by atomic mass is 19.1. The van der Waals surface area contributed by atoms with E-state index >= 15 is 0 Å². The molecule has 2 N–H and O–H groups in total. The highest BCUT2D eigenvalue weighted by molar-refractivity contribution is 5.75. The second-order valence-electron chi connectivity index (χ2n) is 7.77. The lowest BCUT2D eigenvalue weighted by molar-refractivity contribution is 0.167. The van der Waals surface area contributed by atoms with E-state index in [0.29, 0.717) is 25.0 Å². The molecule has 136 valence electrons. The Bertz CT molecular complexity index is 651. The van der Waals surface area contributed by atoms with Crippen LogP contribution in [-0.4, -0.2) is 58.3 Å². The molecule has 2 aliphatic heterocycles. The Hall–Kier alpha value is -1.66. The first-order valence-corrected chi connectivity index (χ1v) is 9.27. The molecule has 0 spiro atoms. The Kier molecular flexibility index (Phi) is 4.41. The normalized spacial score (nSPS) is 33.0. The van der Waals surface area contributed by atoms with Crippen molar-refractivity contribution in [1.29, 1.82) is 0 Å². The van der Waals surface area contributed by atoms with Crippen LogP contribution in [0.25, 0.3) is 0 Å². The molecule has 0 radical (unpaired) electrons. The van der Waals surface area contributed by atoms with Gasteiger partial charge in [0.15, 0.2) is 0 Å². The minimum Gasteiger partial charge on any atom is -0.391 e. The van der Waals surface area contributed by atoms with Crippen LogP contribution in [0.3, 0.4) is 0 Å². The fourth-order valence-electron chi connectivity index (χ4n) is 4.40. The molecule has 0 bridgehead atoms. The van der Waals surface area contributed by atoms with Crippen LogP contribution >= 0.6 is 0 Å². The number of benzene rings is 1. The average molecular weight is 347 g/mol. The monoisotopic (exact) mass is 347 g/mol. The van der Waals surface area contributed by atoms with E-state index in [4.69, 9.17) is 0 Å². The van der Waals surface area contributed by atoms with Crippen molar-refractivity contribution in [1.82, 2.24) is 15.1 Å². The van der Waals surface area contributed by atoms with Crippen LogP contribution in [0.2, 0.25) is 0 Å². The Labute approximate surface area is 147 Å². The highest BCUT2D eigenvalue weighted by Gasteiger charge is 2.41. The van der Waals surface area contributed by atoms with Gasteiger partial charge in [0.25, 0.3) is 0 Å². The number of aliphatic hydroxyl groups excluding tert-OH is 1. The average Bonchev–Trinajstić information content (AvgIpc) is 3.24. The fraction of sp³-hybridized carbons (Fsp3) is 0.632. The van der Waals surface area contributed by atoms with Crippen LogP contribution in [0.15, 0.2) is 24.3 Å². The van der Waals surface area contributed by atoms with E-state index in [1.165, 1.54) is 25.0 Å². The van der Waals surface area contributed by atoms with E-state index in [9.17, 15) is 14.3 Å². The molecule has 2 saturated heterocycles. The number of nitrogens with one attached hydrogen (secondary N) is 1. The molecule has 2 amide bonds. The van der Waals surface area contributed by atoms with Gasteiger partial charge < -0.3 is 15.3 Å². The number of amides is 2. The maximum absolute atomic E-state index is 13.6. The molecule has 1 aliphatic carbocycles. The lowest BCUT2D eigenvalue weighted by atomic mass is 10.0. The van der Waals surface area contributed by atoms with Crippen LogP contribution in [-0.2, 0) is 0 Å². The van der Waals surface area contributed by atoms with Gasteiger partial charge in [0.1, 0.15) is 5.82 Å². The summed E-state index contributed by atoms with van der Waals surface area (Å²) in [4.78, 5) is 17.0. The molecule has 3 fully saturated rings. The standard InChI is InChI=1S/C19H26FN3O2/c1-12-7-15(10-22(12)16-5-6-16)21-19(25)23-11-17(24)9-18(23)13-3-2-4-14(20)8-13/h2-4,8,12,15-18,24H,5-7,9-11H2,1H3,(H,21,25). The topological polar surface area (TPSA) is 55.8 Å². The molecule has 6 heteroatoms. The van der Waals surface area contributed by atoms with E-state index in [1.807, 2.05) is 6.07 Å². The van der Waals surface area contributed by atoms with Crippen LogP contribution in [0.1, 0.15) is 44.2 Å². The molecule has 4 rings (SSSR count). The molecule has 3 aliphatic rings. The second kappa shape index (κ2) is 6.57. The maximum atomic E-state index is 13.6. The summed E-state index contributed by atoms with van der Waals surface area (Å²) in [7, 11) is 0. The van der Waals surface area contributed by atoms with E-state index in [-0.39, 0.29) is 23.9 Å². The van der Waals surface area contributed by atoms with Gasteiger partial charge in [0, 0.05) is 31.2 Å². The Morgan fingerprint density at radius 2 is 2.08 bits per heavy atom. The molecular weight excluding hydrogens is 321 g/mol. The second-order valence-corrected chi connectivity index (χ2v) is 7.77. The van der Waals surface area contributed by atoms with Gasteiger partial charge in [0.05, 0.1) is 12.1 Å². The first-order chi connectivity index (χ1) is 12.0. The smallest absolute Gasteiger partial charge is 0.318 e. The summed E-state index contributed by atoms with van der Waals surface area (Å²) in [6.45, 7) is 3.42. The van der Waals surface area contributed by atoms with Gasteiger partial charge in [0.2, 0.25) is 0 Å². The number of hydrogen-bond donors (Lipinski definition) is 2. The van der Waals surface area contributed by atoms with Gasteiger partial charge in [-0.2, -0.15) is 0 Å². The van der Waals surface area contributed by atoms with Crippen LogP contribution < -0.4 is 5.32 Å². The molecule has 1 saturated carbocycles. The molecule has 25 heavy (non-hydrogen) atoms. The molecule has 2 heterocycles. The summed E-state index contributed by atoms with van der Waals surface area (Å²) in [6.07, 6.45) is 3.38. The number of rotatable bonds is 3. The molecule has 1 aromatic rings. The Balaban J connectivity index is 1.43. The van der Waals surface area contributed by atoms with Gasteiger partial charge >= 0.3 is 6.03 Å². The van der Waals surface area contributed by atoms with E-state index in [2.05, 4.69) is 17.1 Å². The summed E-state index contributed by atoms with van der Waals surface area (Å²) >= 11 is 0. The van der Waals surface area contributed by atoms with Crippen molar-refractivity contribution >= 4 is 6.03 Å². The molecule has 0 aromatic heterocycles. The SMILES string of the molecule is CC1CC(NC(=O)N2CC(O)CC2c2cccc(F)c2)CN1C1CC1. The maximum Gasteiger partial charge on any atom is 0.318 e. The summed E-state index contributed by atoms with van der Waals surface area (Å²) < 4.78 is 13.6. The summed E-state index contributed by atoms with van der Waals surface area (Å²) in [5.74, 6) is -0.316. The number of likely N-dealkylation sites (tertiary alicyclic amines) is 2. The number of β-amino-alcohol motifs (C(OH)–C–C–N with tert-alkyl or cyclic N) is 1. The van der Waals surface area contributed by atoms with Crippen molar-refractivity contribution < 1.29 is 14.3 Å². The number of carbonyl (C=O) groups excluding carboxylic acids is 1. The zero-order chi connectivity index (χ0) is 17.6. The van der Waals surface area contributed by atoms with Crippen LogP contribution in [0, 0.1) is 5.82 Å². The van der Waals surface area contributed by atoms with Gasteiger partial charge in [-0.25, -0.2) is 9.18 Å². The van der Waals surface area contributed by atoms with Gasteiger partial charge in [-0.15, -0.1) is 0 Å². The third-order valence-corrected chi connectivity index (χ3v) is 5.74. The van der Waals surface area contributed by atoms with Crippen LogP contribution in [0.4, 0.5) is 9.18 Å². The summed E-state index contributed by atoms with van der Waals surface area (Å²) in [5, 5.41) is 13.2. The number of nitrogens with zero attached hydrogens (tertiary/aromatic N) is 2. The van der Waals surface area contributed by atoms with Crippen molar-refractivity contribution in [2.45, 2.75) is 62.9 Å². The number of hydrogen-bond acceptors (Lipinski definition) is 3. The van der Waals surface area contributed by atoms with Crippen molar-refractivity contribution in [2.24, 2.45) is 0 Å². The third kappa shape index (κ3) is 3.51. The zero-order valence-electron chi connectivity index (χ0n) is 14.6. The van der Waals surface area contributed by atoms with Gasteiger partial charge in [-0.3, -0.25) is 4.90 Å². The first-order valence-electron chi connectivity index (χ1n) is 9.27. The van der Waals surface area contributed by atoms with Crippen molar-refractivity contribution in [3.8, 4) is 0 Å². The minimum absolute atomic E-state index is 0.147. The van der Waals surface area contributed by atoms with Crippen molar-refractivity contribution in [3.05, 3.63) is 35.6 Å². The quantitative estimate of drug-likeness (QED) is 0.882. The largest absolute Gasteiger partial charge is 0.391 e. The minimum atomic E-state index is -0.565. The predicted molar refractivity (Wildman–Crippen MR) is 92.6 cm³/mol. The van der Waals surface area contributed by atoms with Crippen LogP contribution in [0.5, 0.6) is 0 Å². The van der Waals surface area contributed by atoms with Gasteiger partial charge in [-0.05, 0) is 50.3 Å². The predicted octanol–water partition coefficient (Wildman–Crippen LogP) is 2.27. The van der Waals surface area contributed by atoms with Gasteiger partial charge in [-0.1, -0.05) is 12.1 Å². The lowest BCUT2D eigenvalue weighted by Gasteiger charge is -2.27. The number of halogens is 1. The third-order valence-electron chi connectivity index (χ3n) is 5.74. The number of carbonyl (C=O) groups is 1. The Morgan fingerprint density at radius 3 is 2.80 bits per heavy atom. The van der Waals surface area contributed by atoms with Crippen molar-refractivity contribution in [3.63, 3.8) is 0 Å². The fourth-order valence-corrected chi connectivity index (χ4v) is 4.40. The Morgan fingerprint density at radius 1 is 1.28 bits per heavy atom. The molecule has 4 atom stereocenters. The highest BCUT2D eigenvalue weighted by Crippen LogP contribution is 2.35. The lowest BCUT2D eigenvalue weighted by Crippen LogP contribution is -2.46. The van der Waals surface area contributed by atoms with E-state index < -0.39 is 6.10 Å². The summed E-state index contributed by atoms with van der Waals surface area (Å²) in [6, 6.07) is 7.24. The number of aliphatic hydroxyl groups is 1. The molecular formula is C19H26FN3O2. The van der Waals surface area contributed by atoms with E-state index in [0.717, 1.165) is 18.5 Å². The summed E-state index contributed by atoms with van der Waals surface area (Å²) in [5.41, 5.74) is 0.742. The zero-order valence-corrected chi connectivity index (χ0v) is 14.6. The number of urea groups is 1. The molecule has 5 nitrogen and oxygen atoms in total. The van der Waals surface area contributed by atoms with Crippen molar-refractivity contribution in [2.75, 3.05) is 13.1 Å². The first kappa shape index (κ1) is 16.8. The molecule has 1 aromatic carbocycles. The van der Waals surface area contributed by atoms with E-state index in [1.54, 1.807) is 11.0 Å².